The fourth-order valence-electron chi connectivity index (χ4n) is 1.24. The summed E-state index contributed by atoms with van der Waals surface area (Å²) in [6.07, 6.45) is 1.33. The molecule has 1 heteroatoms. The summed E-state index contributed by atoms with van der Waals surface area (Å²) in [6, 6.07) is 0. The van der Waals surface area contributed by atoms with E-state index < -0.39 is 0 Å². The molecular weight excluding hydrogens is 110 g/mol. The van der Waals surface area contributed by atoms with Crippen molar-refractivity contribution in [2.75, 3.05) is 13.6 Å². The van der Waals surface area contributed by atoms with E-state index in [0.717, 1.165) is 18.4 Å². The molecule has 0 aliphatic carbocycles. The zero-order chi connectivity index (χ0) is 7.28. The maximum absolute atomic E-state index is 3.17. The molecule has 0 aliphatic rings. The first-order valence-electron chi connectivity index (χ1n) is 3.81. The summed E-state index contributed by atoms with van der Waals surface area (Å²) >= 11 is 0. The Balaban J connectivity index is 3.15. The highest BCUT2D eigenvalue weighted by Gasteiger charge is 2.01. The van der Waals surface area contributed by atoms with Crippen LogP contribution in [0.2, 0.25) is 0 Å². The van der Waals surface area contributed by atoms with Gasteiger partial charge in [0.2, 0.25) is 0 Å². The fourth-order valence-corrected chi connectivity index (χ4v) is 1.24. The van der Waals surface area contributed by atoms with Crippen molar-refractivity contribution in [2.24, 2.45) is 11.8 Å². The van der Waals surface area contributed by atoms with Gasteiger partial charge in [-0.15, -0.1) is 0 Å². The minimum absolute atomic E-state index is 0.829. The van der Waals surface area contributed by atoms with Gasteiger partial charge in [-0.1, -0.05) is 20.8 Å². The quantitative estimate of drug-likeness (QED) is 0.611. The third-order valence-electron chi connectivity index (χ3n) is 1.43. The Labute approximate surface area is 58.8 Å². The van der Waals surface area contributed by atoms with Gasteiger partial charge in [0, 0.05) is 0 Å². The van der Waals surface area contributed by atoms with Crippen LogP contribution in [0.15, 0.2) is 0 Å². The Morgan fingerprint density at radius 2 is 1.78 bits per heavy atom. The van der Waals surface area contributed by atoms with Crippen LogP contribution in [0.5, 0.6) is 0 Å². The maximum atomic E-state index is 3.17. The first-order chi connectivity index (χ1) is 4.16. The van der Waals surface area contributed by atoms with Crippen LogP contribution in [0, 0.1) is 11.8 Å². The summed E-state index contributed by atoms with van der Waals surface area (Å²) < 4.78 is 0. The predicted octanol–water partition coefficient (Wildman–Crippen LogP) is 1.89. The van der Waals surface area contributed by atoms with Crippen LogP contribution in [0.3, 0.4) is 0 Å². The molecule has 0 aromatic heterocycles. The van der Waals surface area contributed by atoms with Crippen molar-refractivity contribution >= 4 is 0 Å². The molecule has 0 saturated heterocycles. The first-order valence-corrected chi connectivity index (χ1v) is 3.81. The average molecular weight is 129 g/mol. The highest BCUT2D eigenvalue weighted by atomic mass is 14.8. The summed E-state index contributed by atoms with van der Waals surface area (Å²) in [7, 11) is 2.01. The van der Waals surface area contributed by atoms with Gasteiger partial charge in [0.05, 0.1) is 0 Å². The van der Waals surface area contributed by atoms with E-state index in [1.54, 1.807) is 0 Å². The molecule has 0 aromatic rings. The van der Waals surface area contributed by atoms with Crippen molar-refractivity contribution in [3.63, 3.8) is 0 Å². The van der Waals surface area contributed by atoms with Crippen molar-refractivity contribution in [3.8, 4) is 0 Å². The molecule has 0 fully saturated rings. The zero-order valence-corrected chi connectivity index (χ0v) is 7.07. The Morgan fingerprint density at radius 1 is 1.22 bits per heavy atom. The standard InChI is InChI=1S/C8H19N/c1-7(2)5-8(3)6-9-4/h7-9H,5-6H2,1-4H3. The first kappa shape index (κ1) is 8.96. The van der Waals surface area contributed by atoms with E-state index in [1.165, 1.54) is 6.42 Å². The number of nitrogens with one attached hydrogen (secondary N) is 1. The van der Waals surface area contributed by atoms with E-state index >= 15 is 0 Å². The molecule has 0 radical (unpaired) electrons. The normalized spacial score (nSPS) is 14.3. The van der Waals surface area contributed by atoms with Gasteiger partial charge in [-0.05, 0) is 31.8 Å². The Morgan fingerprint density at radius 3 is 2.11 bits per heavy atom. The Bertz CT molecular complexity index is 59.6. The van der Waals surface area contributed by atoms with E-state index in [2.05, 4.69) is 26.1 Å². The maximum Gasteiger partial charge on any atom is -0.00261 e. The largest absolute Gasteiger partial charge is 0.319 e. The van der Waals surface area contributed by atoms with Crippen molar-refractivity contribution in [1.29, 1.82) is 0 Å². The predicted molar refractivity (Wildman–Crippen MR) is 42.5 cm³/mol. The second kappa shape index (κ2) is 4.80. The lowest BCUT2D eigenvalue weighted by Crippen LogP contribution is -2.17. The van der Waals surface area contributed by atoms with Crippen LogP contribution in [-0.2, 0) is 0 Å². The molecule has 0 saturated carbocycles. The number of hydrogen-bond acceptors (Lipinski definition) is 1. The van der Waals surface area contributed by atoms with Gasteiger partial charge < -0.3 is 5.32 Å². The van der Waals surface area contributed by atoms with Crippen LogP contribution < -0.4 is 5.32 Å². The summed E-state index contributed by atoms with van der Waals surface area (Å²) in [4.78, 5) is 0. The van der Waals surface area contributed by atoms with Crippen LogP contribution in [0.1, 0.15) is 27.2 Å². The van der Waals surface area contributed by atoms with Gasteiger partial charge in [-0.2, -0.15) is 0 Å². The number of hydrogen-bond donors (Lipinski definition) is 1. The molecule has 0 spiro atoms. The molecule has 56 valence electrons. The number of rotatable bonds is 4. The second-order valence-corrected chi connectivity index (χ2v) is 3.29. The van der Waals surface area contributed by atoms with Crippen LogP contribution >= 0.6 is 0 Å². The van der Waals surface area contributed by atoms with E-state index in [4.69, 9.17) is 0 Å². The Kier molecular flexibility index (Phi) is 4.78. The lowest BCUT2D eigenvalue weighted by Gasteiger charge is -2.12. The average Bonchev–Trinajstić information content (AvgIpc) is 1.63. The molecule has 1 unspecified atom stereocenters. The van der Waals surface area contributed by atoms with Crippen molar-refractivity contribution in [3.05, 3.63) is 0 Å². The molecule has 0 bridgehead atoms. The minimum Gasteiger partial charge on any atom is -0.319 e. The van der Waals surface area contributed by atoms with Crippen molar-refractivity contribution < 1.29 is 0 Å². The smallest absolute Gasteiger partial charge is 0.00261 e. The van der Waals surface area contributed by atoms with E-state index in [0.29, 0.717) is 0 Å². The molecule has 0 heterocycles. The molecule has 0 rings (SSSR count). The highest BCUT2D eigenvalue weighted by molar-refractivity contribution is 4.56. The second-order valence-electron chi connectivity index (χ2n) is 3.29. The topological polar surface area (TPSA) is 12.0 Å². The molecule has 1 nitrogen and oxygen atoms in total. The third kappa shape index (κ3) is 5.84. The zero-order valence-electron chi connectivity index (χ0n) is 7.07. The fraction of sp³-hybridized carbons (Fsp3) is 1.00. The molecule has 0 aliphatic heterocycles. The lowest BCUT2D eigenvalue weighted by molar-refractivity contribution is 0.426. The van der Waals surface area contributed by atoms with Gasteiger partial charge in [0.1, 0.15) is 0 Å². The van der Waals surface area contributed by atoms with E-state index in [9.17, 15) is 0 Å². The third-order valence-corrected chi connectivity index (χ3v) is 1.43. The summed E-state index contributed by atoms with van der Waals surface area (Å²) in [5.41, 5.74) is 0. The van der Waals surface area contributed by atoms with E-state index in [1.807, 2.05) is 7.05 Å². The molecule has 9 heavy (non-hydrogen) atoms. The van der Waals surface area contributed by atoms with Gasteiger partial charge in [0.15, 0.2) is 0 Å². The van der Waals surface area contributed by atoms with Gasteiger partial charge in [-0.25, -0.2) is 0 Å². The van der Waals surface area contributed by atoms with Crippen molar-refractivity contribution in [1.82, 2.24) is 5.32 Å². The Hall–Kier alpha value is -0.0400. The van der Waals surface area contributed by atoms with Gasteiger partial charge in [0.25, 0.3) is 0 Å². The van der Waals surface area contributed by atoms with Gasteiger partial charge in [-0.3, -0.25) is 0 Å². The summed E-state index contributed by atoms with van der Waals surface area (Å²) in [5.74, 6) is 1.67. The molecule has 1 atom stereocenters. The molecule has 0 aromatic carbocycles. The van der Waals surface area contributed by atoms with Crippen molar-refractivity contribution in [2.45, 2.75) is 27.2 Å². The summed E-state index contributed by atoms with van der Waals surface area (Å²) in [6.45, 7) is 7.98. The molecule has 1 N–H and O–H groups in total. The summed E-state index contributed by atoms with van der Waals surface area (Å²) in [5, 5.41) is 3.17. The highest BCUT2D eigenvalue weighted by Crippen LogP contribution is 2.08. The minimum atomic E-state index is 0.829. The SMILES string of the molecule is CNCC(C)CC(C)C. The molecule has 0 amide bonds. The van der Waals surface area contributed by atoms with Crippen LogP contribution in [0.4, 0.5) is 0 Å². The monoisotopic (exact) mass is 129 g/mol. The van der Waals surface area contributed by atoms with Crippen LogP contribution in [-0.4, -0.2) is 13.6 Å². The van der Waals surface area contributed by atoms with Gasteiger partial charge >= 0.3 is 0 Å². The van der Waals surface area contributed by atoms with Crippen LogP contribution in [0.25, 0.3) is 0 Å². The molecular formula is C8H19N. The van der Waals surface area contributed by atoms with E-state index in [-0.39, 0.29) is 0 Å². The lowest BCUT2D eigenvalue weighted by atomic mass is 9.99.